The maximum absolute atomic E-state index is 2.30. The van der Waals surface area contributed by atoms with Crippen LogP contribution in [0, 0.1) is 6.92 Å². The van der Waals surface area contributed by atoms with Crippen LogP contribution in [0.25, 0.3) is 0 Å². The Labute approximate surface area is 82.8 Å². The lowest BCUT2D eigenvalue weighted by Gasteiger charge is -1.88. The van der Waals surface area contributed by atoms with Crippen LogP contribution in [-0.2, 0) is 13.0 Å². The molecule has 1 nitrogen and oxygen atoms in total. The predicted molar refractivity (Wildman–Crippen MR) is 44.3 cm³/mol. The molecule has 1 aromatic rings. The van der Waals surface area contributed by atoms with Crippen molar-refractivity contribution in [1.29, 1.82) is 0 Å². The first-order valence-corrected chi connectivity index (χ1v) is 4.64. The molecule has 0 amide bonds. The van der Waals surface area contributed by atoms with Crippen molar-refractivity contribution in [2.24, 2.45) is 0 Å². The molecule has 0 radical (unpaired) electrons. The zero-order chi connectivity index (χ0) is 7.56. The molecular weight excluding hydrogens is 222 g/mol. The molecule has 0 bridgehead atoms. The number of aryl methyl sites for hydroxylation is 2. The van der Waals surface area contributed by atoms with Crippen LogP contribution in [0.4, 0.5) is 0 Å². The van der Waals surface area contributed by atoms with Crippen LogP contribution >= 0.6 is 11.3 Å². The Kier molecular flexibility index (Phi) is 4.93. The Bertz CT molecular complexity index is 198. The summed E-state index contributed by atoms with van der Waals surface area (Å²) in [4.78, 5) is 1.52. The predicted octanol–water partition coefficient (Wildman–Crippen LogP) is -1.07. The van der Waals surface area contributed by atoms with Crippen molar-refractivity contribution in [3.8, 4) is 0 Å². The molecule has 0 aliphatic rings. The van der Waals surface area contributed by atoms with Gasteiger partial charge in [0, 0.05) is 6.92 Å². The zero-order valence-corrected chi connectivity index (χ0v) is 9.63. The van der Waals surface area contributed by atoms with E-state index in [0.29, 0.717) is 0 Å². The van der Waals surface area contributed by atoms with Crippen LogP contribution in [-0.4, -0.2) is 0 Å². The van der Waals surface area contributed by atoms with E-state index in [-0.39, 0.29) is 17.0 Å². The first-order valence-electron chi connectivity index (χ1n) is 3.76. The summed E-state index contributed by atoms with van der Waals surface area (Å²) in [7, 11) is 0. The SMILES string of the molecule is CCc1sc[n+](CC)c1C.[Br-]. The van der Waals surface area contributed by atoms with E-state index in [0.717, 1.165) is 6.54 Å². The Morgan fingerprint density at radius 2 is 2.09 bits per heavy atom. The highest BCUT2D eigenvalue weighted by atomic mass is 79.9. The quantitative estimate of drug-likeness (QED) is 0.576. The lowest BCUT2D eigenvalue weighted by molar-refractivity contribution is -0.694. The average Bonchev–Trinajstić information content (AvgIpc) is 2.30. The number of hydrogen-bond donors (Lipinski definition) is 0. The van der Waals surface area contributed by atoms with Crippen molar-refractivity contribution in [3.63, 3.8) is 0 Å². The van der Waals surface area contributed by atoms with Crippen molar-refractivity contribution in [2.75, 3.05) is 0 Å². The number of rotatable bonds is 2. The Hall–Kier alpha value is 0.110. The average molecular weight is 236 g/mol. The van der Waals surface area contributed by atoms with Crippen molar-refractivity contribution in [3.05, 3.63) is 16.1 Å². The molecule has 0 fully saturated rings. The van der Waals surface area contributed by atoms with E-state index in [2.05, 4.69) is 30.8 Å². The fourth-order valence-electron chi connectivity index (χ4n) is 1.10. The van der Waals surface area contributed by atoms with Gasteiger partial charge in [0.1, 0.15) is 6.54 Å². The van der Waals surface area contributed by atoms with Crippen LogP contribution in [0.15, 0.2) is 5.51 Å². The van der Waals surface area contributed by atoms with Crippen LogP contribution in [0.2, 0.25) is 0 Å². The van der Waals surface area contributed by atoms with Gasteiger partial charge in [0.2, 0.25) is 5.51 Å². The molecule has 0 spiro atoms. The minimum atomic E-state index is 0. The molecule has 0 aromatic carbocycles. The van der Waals surface area contributed by atoms with E-state index < -0.39 is 0 Å². The van der Waals surface area contributed by atoms with Crippen LogP contribution in [0.5, 0.6) is 0 Å². The molecule has 64 valence electrons. The fourth-order valence-corrected chi connectivity index (χ4v) is 2.12. The number of thiazole rings is 1. The molecule has 11 heavy (non-hydrogen) atoms. The van der Waals surface area contributed by atoms with Crippen LogP contribution in [0.3, 0.4) is 0 Å². The number of aromatic nitrogens is 1. The second-order valence-corrected chi connectivity index (χ2v) is 3.31. The van der Waals surface area contributed by atoms with Gasteiger partial charge in [-0.3, -0.25) is 0 Å². The highest BCUT2D eigenvalue weighted by molar-refractivity contribution is 7.09. The molecule has 0 aliphatic carbocycles. The summed E-state index contributed by atoms with van der Waals surface area (Å²) in [6, 6.07) is 0. The van der Waals surface area contributed by atoms with E-state index in [1.54, 1.807) is 0 Å². The first kappa shape index (κ1) is 11.1. The van der Waals surface area contributed by atoms with Gasteiger partial charge < -0.3 is 17.0 Å². The highest BCUT2D eigenvalue weighted by Gasteiger charge is 2.10. The third-order valence-electron chi connectivity index (χ3n) is 1.82. The smallest absolute Gasteiger partial charge is 0.225 e. The van der Waals surface area contributed by atoms with Gasteiger partial charge in [0.05, 0.1) is 4.88 Å². The van der Waals surface area contributed by atoms with Gasteiger partial charge in [-0.15, -0.1) is 0 Å². The van der Waals surface area contributed by atoms with Gasteiger partial charge in [-0.05, 0) is 13.3 Å². The monoisotopic (exact) mass is 235 g/mol. The van der Waals surface area contributed by atoms with Crippen molar-refractivity contribution >= 4 is 11.3 Å². The lowest BCUT2D eigenvalue weighted by atomic mass is 10.3. The van der Waals surface area contributed by atoms with E-state index >= 15 is 0 Å². The lowest BCUT2D eigenvalue weighted by Crippen LogP contribution is -3.00. The molecule has 1 heterocycles. The van der Waals surface area contributed by atoms with E-state index in [1.807, 2.05) is 11.3 Å². The molecule has 1 rings (SSSR count). The highest BCUT2D eigenvalue weighted by Crippen LogP contribution is 2.10. The normalized spacial score (nSPS) is 9.36. The Balaban J connectivity index is 0.000001000. The topological polar surface area (TPSA) is 3.88 Å². The van der Waals surface area contributed by atoms with Gasteiger partial charge in [-0.2, -0.15) is 4.57 Å². The third-order valence-corrected chi connectivity index (χ3v) is 3.05. The second kappa shape index (κ2) is 4.88. The standard InChI is InChI=1S/C8H14NS.BrH/c1-4-8-7(3)9(5-2)6-10-8;/h6H,4-5H2,1-3H3;1H/q+1;/p-1. The maximum atomic E-state index is 2.30. The summed E-state index contributed by atoms with van der Waals surface area (Å²) in [6.45, 7) is 7.68. The van der Waals surface area contributed by atoms with E-state index in [9.17, 15) is 0 Å². The van der Waals surface area contributed by atoms with Gasteiger partial charge in [-0.25, -0.2) is 0 Å². The molecule has 1 aromatic heterocycles. The largest absolute Gasteiger partial charge is 1.00 e. The number of nitrogens with zero attached hydrogens (tertiary/aromatic N) is 1. The van der Waals surface area contributed by atoms with Crippen molar-refractivity contribution < 1.29 is 21.5 Å². The Morgan fingerprint density at radius 3 is 2.36 bits per heavy atom. The molecule has 0 atom stereocenters. The third kappa shape index (κ3) is 2.27. The first-order chi connectivity index (χ1) is 4.79. The maximum Gasteiger partial charge on any atom is 0.225 e. The number of hydrogen-bond acceptors (Lipinski definition) is 1. The molecular formula is C8H14BrNS. The van der Waals surface area contributed by atoms with Gasteiger partial charge in [0.15, 0.2) is 5.69 Å². The molecule has 0 unspecified atom stereocenters. The van der Waals surface area contributed by atoms with Crippen LogP contribution < -0.4 is 21.5 Å². The summed E-state index contributed by atoms with van der Waals surface area (Å²) in [5.74, 6) is 0. The molecule has 3 heteroatoms. The van der Waals surface area contributed by atoms with Gasteiger partial charge in [0.25, 0.3) is 0 Å². The molecule has 0 saturated heterocycles. The molecule has 0 aliphatic heterocycles. The fraction of sp³-hybridized carbons (Fsp3) is 0.625. The summed E-state index contributed by atoms with van der Waals surface area (Å²) < 4.78 is 2.30. The molecule has 0 saturated carbocycles. The minimum absolute atomic E-state index is 0. The van der Waals surface area contributed by atoms with Gasteiger partial charge in [-0.1, -0.05) is 18.3 Å². The van der Waals surface area contributed by atoms with Crippen molar-refractivity contribution in [2.45, 2.75) is 33.7 Å². The summed E-state index contributed by atoms with van der Waals surface area (Å²) in [5.41, 5.74) is 3.64. The minimum Gasteiger partial charge on any atom is -1.00 e. The summed E-state index contributed by atoms with van der Waals surface area (Å²) in [5, 5.41) is 0. The van der Waals surface area contributed by atoms with Crippen LogP contribution in [0.1, 0.15) is 24.4 Å². The van der Waals surface area contributed by atoms with E-state index in [1.165, 1.54) is 17.0 Å². The molecule has 0 N–H and O–H groups in total. The summed E-state index contributed by atoms with van der Waals surface area (Å²) in [6.07, 6.45) is 1.17. The number of halogens is 1. The van der Waals surface area contributed by atoms with Gasteiger partial charge >= 0.3 is 0 Å². The Morgan fingerprint density at radius 1 is 1.45 bits per heavy atom. The second-order valence-electron chi connectivity index (χ2n) is 2.37. The van der Waals surface area contributed by atoms with Crippen molar-refractivity contribution in [1.82, 2.24) is 0 Å². The summed E-state index contributed by atoms with van der Waals surface area (Å²) >= 11 is 1.86. The van der Waals surface area contributed by atoms with E-state index in [4.69, 9.17) is 0 Å². The zero-order valence-electron chi connectivity index (χ0n) is 7.22.